The van der Waals surface area contributed by atoms with Gasteiger partial charge in [-0.3, -0.25) is 10.2 Å². The summed E-state index contributed by atoms with van der Waals surface area (Å²) in [5.74, 6) is 1.06. The van der Waals surface area contributed by atoms with Crippen molar-refractivity contribution in [2.24, 2.45) is 4.99 Å². The van der Waals surface area contributed by atoms with Gasteiger partial charge in [0.1, 0.15) is 11.5 Å². The summed E-state index contributed by atoms with van der Waals surface area (Å²) < 4.78 is 11.5. The first kappa shape index (κ1) is 20.2. The van der Waals surface area contributed by atoms with Crippen LogP contribution >= 0.6 is 0 Å². The molecule has 3 aromatic rings. The lowest BCUT2D eigenvalue weighted by Crippen LogP contribution is -2.40. The molecule has 0 spiro atoms. The molecule has 0 aliphatic carbocycles. The summed E-state index contributed by atoms with van der Waals surface area (Å²) in [4.78, 5) is 28.6. The molecule has 3 aromatic carbocycles. The number of hydrazine groups is 1. The molecular formula is C24H21N3O4. The molecule has 1 fully saturated rings. The number of carbonyl (C=O) groups is 2. The van der Waals surface area contributed by atoms with E-state index in [-0.39, 0.29) is 5.84 Å². The van der Waals surface area contributed by atoms with Gasteiger partial charge in [0.2, 0.25) is 5.91 Å². The number of carbonyl (C=O) groups excluding carboxylic acids is 2. The molecule has 1 heterocycles. The summed E-state index contributed by atoms with van der Waals surface area (Å²) in [6.45, 7) is 3.03. The summed E-state index contributed by atoms with van der Waals surface area (Å²) in [6, 6.07) is 25.7. The van der Waals surface area contributed by atoms with Gasteiger partial charge in [0.25, 0.3) is 0 Å². The highest BCUT2D eigenvalue weighted by molar-refractivity contribution is 6.10. The minimum atomic E-state index is -1.25. The van der Waals surface area contributed by atoms with Gasteiger partial charge in [-0.2, -0.15) is 10.0 Å². The second kappa shape index (κ2) is 8.31. The third kappa shape index (κ3) is 4.25. The second-order valence-corrected chi connectivity index (χ2v) is 7.11. The third-order valence-electron chi connectivity index (χ3n) is 4.77. The van der Waals surface area contributed by atoms with Crippen molar-refractivity contribution in [2.75, 3.05) is 5.43 Å². The fraction of sp³-hybridized carbons (Fsp3) is 0.125. The zero-order valence-electron chi connectivity index (χ0n) is 17.1. The van der Waals surface area contributed by atoms with Crippen molar-refractivity contribution in [1.82, 2.24) is 5.01 Å². The number of amides is 2. The first-order valence-corrected chi connectivity index (χ1v) is 9.74. The predicted octanol–water partition coefficient (Wildman–Crippen LogP) is 5.12. The molecule has 1 N–H and O–H groups in total. The molecule has 0 aromatic heterocycles. The summed E-state index contributed by atoms with van der Waals surface area (Å²) in [5, 5.41) is 1.16. The third-order valence-corrected chi connectivity index (χ3v) is 4.77. The largest absolute Gasteiger partial charge is 0.457 e. The van der Waals surface area contributed by atoms with E-state index in [4.69, 9.17) is 9.47 Å². The Hall–Kier alpha value is -4.13. The molecular weight excluding hydrogens is 394 g/mol. The van der Waals surface area contributed by atoms with E-state index in [1.807, 2.05) is 48.5 Å². The van der Waals surface area contributed by atoms with Crippen LogP contribution in [0, 0.1) is 0 Å². The lowest BCUT2D eigenvalue weighted by molar-refractivity contribution is -0.115. The van der Waals surface area contributed by atoms with Crippen LogP contribution in [0.15, 0.2) is 89.9 Å². The Kier molecular flexibility index (Phi) is 5.41. The van der Waals surface area contributed by atoms with Crippen LogP contribution in [0.2, 0.25) is 0 Å². The lowest BCUT2D eigenvalue weighted by atomic mass is 9.94. The maximum atomic E-state index is 12.7. The number of nitrogens with zero attached hydrogens (tertiary/aromatic N) is 2. The highest BCUT2D eigenvalue weighted by Crippen LogP contribution is 2.36. The van der Waals surface area contributed by atoms with Crippen LogP contribution in [0.5, 0.6) is 11.5 Å². The molecule has 1 aliphatic rings. The molecule has 1 saturated heterocycles. The summed E-state index contributed by atoms with van der Waals surface area (Å²) in [7, 11) is 0. The van der Waals surface area contributed by atoms with Crippen LogP contribution in [0.4, 0.5) is 10.5 Å². The smallest absolute Gasteiger partial charge is 0.436 e. The highest BCUT2D eigenvalue weighted by Gasteiger charge is 2.50. The van der Waals surface area contributed by atoms with Gasteiger partial charge < -0.3 is 9.47 Å². The van der Waals surface area contributed by atoms with E-state index in [1.54, 1.807) is 43.3 Å². The number of amidine groups is 1. The van der Waals surface area contributed by atoms with Crippen molar-refractivity contribution in [2.45, 2.75) is 19.4 Å². The average molecular weight is 415 g/mol. The molecule has 4 rings (SSSR count). The topological polar surface area (TPSA) is 80.2 Å². The van der Waals surface area contributed by atoms with Gasteiger partial charge in [0.15, 0.2) is 11.4 Å². The molecule has 7 heteroatoms. The first-order chi connectivity index (χ1) is 15.0. The molecule has 1 aliphatic heterocycles. The zero-order valence-corrected chi connectivity index (χ0v) is 17.1. The van der Waals surface area contributed by atoms with E-state index in [0.29, 0.717) is 22.7 Å². The standard InChI is InChI=1S/C24H21N3O4/c1-17(28)25-22-24(2,31-23(29)27(22)26-19-9-5-3-6-10-19)18-13-15-21(16-14-18)30-20-11-7-4-8-12-20/h3-16,26H,1-2H3. The molecule has 2 amide bonds. The Balaban J connectivity index is 1.64. The minimum Gasteiger partial charge on any atom is -0.457 e. The van der Waals surface area contributed by atoms with Gasteiger partial charge in [0.05, 0.1) is 5.69 Å². The molecule has 7 nitrogen and oxygen atoms in total. The SMILES string of the molecule is CC(=O)N=C1N(Nc2ccccc2)C(=O)OC1(C)c1ccc(Oc2ccccc2)cc1. The summed E-state index contributed by atoms with van der Waals surface area (Å²) in [5.41, 5.74) is 3.02. The number of hydrogen-bond donors (Lipinski definition) is 1. The second-order valence-electron chi connectivity index (χ2n) is 7.11. The number of aliphatic imine (C=N–C) groups is 1. The number of para-hydroxylation sites is 2. The Morgan fingerprint density at radius 2 is 1.52 bits per heavy atom. The maximum absolute atomic E-state index is 12.7. The molecule has 31 heavy (non-hydrogen) atoms. The number of nitrogens with one attached hydrogen (secondary N) is 1. The van der Waals surface area contributed by atoms with Crippen molar-refractivity contribution in [3.8, 4) is 11.5 Å². The van der Waals surface area contributed by atoms with Crippen molar-refractivity contribution in [3.63, 3.8) is 0 Å². The minimum absolute atomic E-state index is 0.158. The zero-order chi connectivity index (χ0) is 21.8. The van der Waals surface area contributed by atoms with E-state index < -0.39 is 17.6 Å². The number of cyclic esters (lactones) is 1. The summed E-state index contributed by atoms with van der Waals surface area (Å²) >= 11 is 0. The highest BCUT2D eigenvalue weighted by atomic mass is 16.6. The van der Waals surface area contributed by atoms with Crippen LogP contribution in [0.25, 0.3) is 0 Å². The Morgan fingerprint density at radius 1 is 0.935 bits per heavy atom. The summed E-state index contributed by atoms with van der Waals surface area (Å²) in [6.07, 6.45) is -0.657. The Labute approximate surface area is 179 Å². The fourth-order valence-electron chi connectivity index (χ4n) is 3.27. The lowest BCUT2D eigenvalue weighted by Gasteiger charge is -2.24. The van der Waals surface area contributed by atoms with E-state index >= 15 is 0 Å². The van der Waals surface area contributed by atoms with Crippen LogP contribution < -0.4 is 10.2 Å². The van der Waals surface area contributed by atoms with Crippen molar-refractivity contribution in [1.29, 1.82) is 0 Å². The molecule has 1 atom stereocenters. The van der Waals surface area contributed by atoms with Crippen molar-refractivity contribution in [3.05, 3.63) is 90.5 Å². The van der Waals surface area contributed by atoms with Crippen molar-refractivity contribution >= 4 is 23.5 Å². The molecule has 1 unspecified atom stereocenters. The fourth-order valence-corrected chi connectivity index (χ4v) is 3.27. The van der Waals surface area contributed by atoms with E-state index in [0.717, 1.165) is 5.01 Å². The van der Waals surface area contributed by atoms with E-state index in [1.165, 1.54) is 6.92 Å². The number of ether oxygens (including phenoxy) is 2. The predicted molar refractivity (Wildman–Crippen MR) is 117 cm³/mol. The molecule has 156 valence electrons. The van der Waals surface area contributed by atoms with Crippen LogP contribution in [-0.4, -0.2) is 22.8 Å². The number of anilines is 1. The van der Waals surface area contributed by atoms with E-state index in [2.05, 4.69) is 10.4 Å². The van der Waals surface area contributed by atoms with Crippen LogP contribution in [0.1, 0.15) is 19.4 Å². The van der Waals surface area contributed by atoms with Crippen LogP contribution in [-0.2, 0) is 15.1 Å². The van der Waals surface area contributed by atoms with Gasteiger partial charge in [-0.05, 0) is 43.3 Å². The van der Waals surface area contributed by atoms with Gasteiger partial charge in [-0.1, -0.05) is 48.5 Å². The molecule has 0 saturated carbocycles. The van der Waals surface area contributed by atoms with E-state index in [9.17, 15) is 9.59 Å². The monoisotopic (exact) mass is 415 g/mol. The average Bonchev–Trinajstić information content (AvgIpc) is 3.00. The van der Waals surface area contributed by atoms with Gasteiger partial charge in [0, 0.05) is 12.5 Å². The van der Waals surface area contributed by atoms with Crippen LogP contribution in [0.3, 0.4) is 0 Å². The van der Waals surface area contributed by atoms with Gasteiger partial charge in [-0.15, -0.1) is 0 Å². The van der Waals surface area contributed by atoms with Gasteiger partial charge >= 0.3 is 6.09 Å². The molecule has 0 radical (unpaired) electrons. The number of rotatable bonds is 5. The normalized spacial score (nSPS) is 19.2. The van der Waals surface area contributed by atoms with Crippen molar-refractivity contribution < 1.29 is 19.1 Å². The Morgan fingerprint density at radius 3 is 2.13 bits per heavy atom. The number of benzene rings is 3. The molecule has 0 bridgehead atoms. The Bertz CT molecular complexity index is 1110. The van der Waals surface area contributed by atoms with Gasteiger partial charge in [-0.25, -0.2) is 4.79 Å². The first-order valence-electron chi connectivity index (χ1n) is 9.74. The number of hydrogen-bond acceptors (Lipinski definition) is 5. The maximum Gasteiger partial charge on any atom is 0.436 e. The quantitative estimate of drug-likeness (QED) is 0.626.